The van der Waals surface area contributed by atoms with Crippen molar-refractivity contribution in [1.82, 2.24) is 4.98 Å². The number of anilines is 1. The first kappa shape index (κ1) is 10.8. The Hall–Kier alpha value is -0.750. The van der Waals surface area contributed by atoms with Crippen LogP contribution in [-0.4, -0.2) is 30.2 Å². The third kappa shape index (κ3) is 2.85. The second-order valence-corrected chi connectivity index (χ2v) is 7.12. The largest absolute Gasteiger partial charge is 0.397 e. The highest BCUT2D eigenvalue weighted by Crippen LogP contribution is 2.29. The first-order chi connectivity index (χ1) is 7.05. The summed E-state index contributed by atoms with van der Waals surface area (Å²) in [6, 6.07) is 3.60. The van der Waals surface area contributed by atoms with Gasteiger partial charge in [-0.05, 0) is 18.6 Å². The number of thioether (sulfide) groups is 1. The summed E-state index contributed by atoms with van der Waals surface area (Å²) >= 11 is 1.52. The summed E-state index contributed by atoms with van der Waals surface area (Å²) in [4.78, 5) is 4.13. The number of rotatable bonds is 2. The quantitative estimate of drug-likeness (QED) is 0.838. The van der Waals surface area contributed by atoms with Gasteiger partial charge in [-0.3, -0.25) is 0 Å². The van der Waals surface area contributed by atoms with Gasteiger partial charge in [0.1, 0.15) is 0 Å². The molecule has 1 aliphatic heterocycles. The summed E-state index contributed by atoms with van der Waals surface area (Å²) in [5, 5.41) is 0.984. The summed E-state index contributed by atoms with van der Waals surface area (Å²) in [6.45, 7) is 0. The predicted molar refractivity (Wildman–Crippen MR) is 61.6 cm³/mol. The van der Waals surface area contributed by atoms with E-state index in [9.17, 15) is 8.42 Å². The van der Waals surface area contributed by atoms with Crippen molar-refractivity contribution < 1.29 is 8.42 Å². The van der Waals surface area contributed by atoms with E-state index in [0.29, 0.717) is 11.4 Å². The van der Waals surface area contributed by atoms with Gasteiger partial charge in [0.2, 0.25) is 0 Å². The van der Waals surface area contributed by atoms with Gasteiger partial charge in [-0.2, -0.15) is 0 Å². The van der Waals surface area contributed by atoms with Crippen LogP contribution in [0.25, 0.3) is 0 Å². The Bertz CT molecular complexity index is 442. The van der Waals surface area contributed by atoms with Crippen LogP contribution in [0.2, 0.25) is 0 Å². The molecule has 1 aliphatic rings. The minimum atomic E-state index is -2.80. The highest BCUT2D eigenvalue weighted by atomic mass is 32.2. The summed E-state index contributed by atoms with van der Waals surface area (Å²) in [5.74, 6) is 0.573. The van der Waals surface area contributed by atoms with Crippen molar-refractivity contribution in [2.45, 2.75) is 16.7 Å². The third-order valence-electron chi connectivity index (χ3n) is 2.24. The Labute approximate surface area is 93.2 Å². The Kier molecular flexibility index (Phi) is 2.88. The molecule has 0 bridgehead atoms. The topological polar surface area (TPSA) is 73.1 Å². The number of hydrogen-bond donors (Lipinski definition) is 1. The molecule has 82 valence electrons. The van der Waals surface area contributed by atoms with Gasteiger partial charge in [0.25, 0.3) is 0 Å². The Balaban J connectivity index is 2.02. The molecule has 2 rings (SSSR count). The van der Waals surface area contributed by atoms with E-state index in [1.807, 2.05) is 6.07 Å². The maximum absolute atomic E-state index is 11.2. The molecule has 6 heteroatoms. The smallest absolute Gasteiger partial charge is 0.151 e. The van der Waals surface area contributed by atoms with Gasteiger partial charge in [0, 0.05) is 5.25 Å². The molecule has 0 aromatic carbocycles. The van der Waals surface area contributed by atoms with Crippen LogP contribution >= 0.6 is 11.8 Å². The molecule has 0 amide bonds. The molecule has 0 spiro atoms. The third-order valence-corrected chi connectivity index (χ3v) is 5.43. The van der Waals surface area contributed by atoms with Crippen molar-refractivity contribution in [2.24, 2.45) is 0 Å². The van der Waals surface area contributed by atoms with E-state index in [4.69, 9.17) is 5.73 Å². The van der Waals surface area contributed by atoms with Crippen LogP contribution in [0.15, 0.2) is 23.4 Å². The zero-order chi connectivity index (χ0) is 10.9. The first-order valence-electron chi connectivity index (χ1n) is 4.64. The van der Waals surface area contributed by atoms with E-state index >= 15 is 0 Å². The minimum Gasteiger partial charge on any atom is -0.397 e. The molecular weight excluding hydrogens is 232 g/mol. The normalized spacial score (nSPS) is 24.1. The monoisotopic (exact) mass is 244 g/mol. The van der Waals surface area contributed by atoms with Crippen molar-refractivity contribution in [2.75, 3.05) is 17.2 Å². The Morgan fingerprint density at radius 2 is 2.27 bits per heavy atom. The number of pyridine rings is 1. The average molecular weight is 244 g/mol. The SMILES string of the molecule is Nc1ccc(SC2CCS(=O)(=O)C2)nc1. The van der Waals surface area contributed by atoms with Gasteiger partial charge < -0.3 is 5.73 Å². The van der Waals surface area contributed by atoms with Crippen molar-refractivity contribution >= 4 is 27.3 Å². The number of nitrogen functional groups attached to an aromatic ring is 1. The Morgan fingerprint density at radius 3 is 2.80 bits per heavy atom. The molecule has 1 unspecified atom stereocenters. The molecule has 1 fully saturated rings. The van der Waals surface area contributed by atoms with Crippen LogP contribution < -0.4 is 5.73 Å². The first-order valence-corrected chi connectivity index (χ1v) is 7.34. The van der Waals surface area contributed by atoms with Gasteiger partial charge >= 0.3 is 0 Å². The zero-order valence-corrected chi connectivity index (χ0v) is 9.72. The van der Waals surface area contributed by atoms with Gasteiger partial charge in [-0.15, -0.1) is 11.8 Å². The van der Waals surface area contributed by atoms with Crippen molar-refractivity contribution in [3.8, 4) is 0 Å². The molecule has 0 aliphatic carbocycles. The van der Waals surface area contributed by atoms with Crippen LogP contribution in [0.4, 0.5) is 5.69 Å². The average Bonchev–Trinajstić information content (AvgIpc) is 2.50. The van der Waals surface area contributed by atoms with Crippen LogP contribution in [0.1, 0.15) is 6.42 Å². The number of hydrogen-bond acceptors (Lipinski definition) is 5. The van der Waals surface area contributed by atoms with Crippen LogP contribution in [0.3, 0.4) is 0 Å². The number of aromatic nitrogens is 1. The maximum Gasteiger partial charge on any atom is 0.151 e. The van der Waals surface area contributed by atoms with Crippen molar-refractivity contribution in [3.05, 3.63) is 18.3 Å². The molecule has 0 radical (unpaired) electrons. The van der Waals surface area contributed by atoms with E-state index in [2.05, 4.69) is 4.98 Å². The second-order valence-electron chi connectivity index (χ2n) is 3.57. The number of nitrogens with zero attached hydrogens (tertiary/aromatic N) is 1. The molecular formula is C9H12N2O2S2. The molecule has 1 aromatic heterocycles. The zero-order valence-electron chi connectivity index (χ0n) is 8.09. The minimum absolute atomic E-state index is 0.145. The fraction of sp³-hybridized carbons (Fsp3) is 0.444. The standard InChI is InChI=1S/C9H12N2O2S2/c10-7-1-2-9(11-5-7)14-8-3-4-15(12,13)6-8/h1-2,5,8H,3-4,6,10H2. The molecule has 1 saturated heterocycles. The molecule has 1 aromatic rings. The molecule has 2 N–H and O–H groups in total. The van der Waals surface area contributed by atoms with Gasteiger partial charge in [-0.25, -0.2) is 13.4 Å². The van der Waals surface area contributed by atoms with Crippen LogP contribution in [-0.2, 0) is 9.84 Å². The lowest BCUT2D eigenvalue weighted by Gasteiger charge is -2.05. The van der Waals surface area contributed by atoms with E-state index < -0.39 is 9.84 Å². The predicted octanol–water partition coefficient (Wildman–Crippen LogP) is 0.943. The van der Waals surface area contributed by atoms with Crippen molar-refractivity contribution in [1.29, 1.82) is 0 Å². The summed E-state index contributed by atoms with van der Waals surface area (Å²) < 4.78 is 22.5. The van der Waals surface area contributed by atoms with E-state index in [1.54, 1.807) is 12.3 Å². The Morgan fingerprint density at radius 1 is 1.47 bits per heavy atom. The van der Waals surface area contributed by atoms with Crippen LogP contribution in [0.5, 0.6) is 0 Å². The van der Waals surface area contributed by atoms with Gasteiger partial charge in [-0.1, -0.05) is 0 Å². The summed E-state index contributed by atoms with van der Waals surface area (Å²) in [7, 11) is -2.80. The second kappa shape index (κ2) is 4.02. The number of nitrogens with two attached hydrogens (primary N) is 1. The highest BCUT2D eigenvalue weighted by Gasteiger charge is 2.28. The number of sulfone groups is 1. The van der Waals surface area contributed by atoms with Crippen LogP contribution in [0, 0.1) is 0 Å². The van der Waals surface area contributed by atoms with Crippen molar-refractivity contribution in [3.63, 3.8) is 0 Å². The van der Waals surface area contributed by atoms with Gasteiger partial charge in [0.15, 0.2) is 9.84 Å². The van der Waals surface area contributed by atoms with E-state index in [0.717, 1.165) is 11.4 Å². The van der Waals surface area contributed by atoms with Gasteiger partial charge in [0.05, 0.1) is 28.4 Å². The summed E-state index contributed by atoms with van der Waals surface area (Å²) in [6.07, 6.45) is 2.31. The lowest BCUT2D eigenvalue weighted by atomic mass is 10.4. The molecule has 1 atom stereocenters. The molecule has 15 heavy (non-hydrogen) atoms. The van der Waals surface area contributed by atoms with E-state index in [-0.39, 0.29) is 11.0 Å². The molecule has 4 nitrogen and oxygen atoms in total. The lowest BCUT2D eigenvalue weighted by molar-refractivity contribution is 0.602. The molecule has 2 heterocycles. The summed E-state index contributed by atoms with van der Waals surface area (Å²) in [5.41, 5.74) is 6.13. The fourth-order valence-electron chi connectivity index (χ4n) is 1.49. The highest BCUT2D eigenvalue weighted by molar-refractivity contribution is 8.01. The maximum atomic E-state index is 11.2. The van der Waals surface area contributed by atoms with E-state index in [1.165, 1.54) is 11.8 Å². The lowest BCUT2D eigenvalue weighted by Crippen LogP contribution is -2.06. The molecule has 0 saturated carbocycles. The fourth-order valence-corrected chi connectivity index (χ4v) is 4.91.